The lowest BCUT2D eigenvalue weighted by Gasteiger charge is -2.12. The molecule has 0 spiro atoms. The second kappa shape index (κ2) is 8.61. The molecule has 0 radical (unpaired) electrons. The van der Waals surface area contributed by atoms with E-state index in [1.807, 2.05) is 53.1 Å². The first-order chi connectivity index (χ1) is 23.1. The van der Waals surface area contributed by atoms with Gasteiger partial charge in [0.25, 0.3) is 0 Å². The van der Waals surface area contributed by atoms with Crippen molar-refractivity contribution < 1.29 is 12.3 Å². The molecule has 3 heterocycles. The van der Waals surface area contributed by atoms with E-state index in [1.165, 1.54) is 0 Å². The van der Waals surface area contributed by atoms with Crippen LogP contribution >= 0.6 is 0 Å². The monoisotopic (exact) mass is 507 g/mol. The van der Waals surface area contributed by atoms with E-state index in [2.05, 4.69) is 28.2 Å². The minimum Gasteiger partial charge on any atom is -0.293 e. The standard InChI is InChI=1S/C35H22N4/c1-2-9-23(10-3-1)24-16-18-25(19-17-24)33-37-34-29(14-8-20-36-34)35(38-33)39-31-15-7-6-13-28(31)30-21-26-11-4-5-12-27(26)22-32(30)39/h1-22H/i1D,2D,3D,9D,10D,16D,17D,18D,19D. The van der Waals surface area contributed by atoms with Crippen LogP contribution in [-0.4, -0.2) is 19.5 Å². The fourth-order valence-electron chi connectivity index (χ4n) is 5.04. The van der Waals surface area contributed by atoms with E-state index in [0.717, 1.165) is 32.6 Å². The lowest BCUT2D eigenvalue weighted by atomic mass is 10.0. The molecule has 0 saturated heterocycles. The van der Waals surface area contributed by atoms with Crippen molar-refractivity contribution >= 4 is 43.6 Å². The molecule has 0 fully saturated rings. The van der Waals surface area contributed by atoms with Gasteiger partial charge < -0.3 is 0 Å². The molecule has 0 atom stereocenters. The molecule has 4 nitrogen and oxygen atoms in total. The predicted octanol–water partition coefficient (Wildman–Crippen LogP) is 8.61. The second-order valence-corrected chi connectivity index (χ2v) is 9.06. The Labute approximate surface area is 237 Å². The van der Waals surface area contributed by atoms with E-state index < -0.39 is 65.5 Å². The van der Waals surface area contributed by atoms with Gasteiger partial charge in [-0.1, -0.05) is 96.8 Å². The summed E-state index contributed by atoms with van der Waals surface area (Å²) in [5.74, 6) is 0.323. The third-order valence-electron chi connectivity index (χ3n) is 6.80. The van der Waals surface area contributed by atoms with Gasteiger partial charge in [-0.25, -0.2) is 15.0 Å². The number of nitrogens with zero attached hydrogens (tertiary/aromatic N) is 4. The lowest BCUT2D eigenvalue weighted by Crippen LogP contribution is -2.03. The van der Waals surface area contributed by atoms with Crippen LogP contribution in [0.1, 0.15) is 12.3 Å². The quantitative estimate of drug-likeness (QED) is 0.240. The molecule has 0 unspecified atom stereocenters. The highest BCUT2D eigenvalue weighted by Crippen LogP contribution is 2.36. The fourth-order valence-corrected chi connectivity index (χ4v) is 5.04. The van der Waals surface area contributed by atoms with Crippen LogP contribution in [-0.2, 0) is 0 Å². The van der Waals surface area contributed by atoms with Gasteiger partial charge in [0.15, 0.2) is 17.3 Å². The van der Waals surface area contributed by atoms with Crippen molar-refractivity contribution in [1.29, 1.82) is 0 Å². The Balaban J connectivity index is 1.45. The number of rotatable bonds is 3. The van der Waals surface area contributed by atoms with Crippen molar-refractivity contribution in [1.82, 2.24) is 19.5 Å². The van der Waals surface area contributed by atoms with Crippen LogP contribution in [0, 0.1) is 0 Å². The molecule has 0 aliphatic rings. The van der Waals surface area contributed by atoms with Crippen LogP contribution < -0.4 is 0 Å². The Morgan fingerprint density at radius 1 is 0.564 bits per heavy atom. The summed E-state index contributed by atoms with van der Waals surface area (Å²) in [6.07, 6.45) is 1.57. The summed E-state index contributed by atoms with van der Waals surface area (Å²) in [5, 5.41) is 4.68. The molecular weight excluding hydrogens is 476 g/mol. The van der Waals surface area contributed by atoms with Gasteiger partial charge in [0.1, 0.15) is 0 Å². The van der Waals surface area contributed by atoms with Crippen LogP contribution in [0.5, 0.6) is 0 Å². The summed E-state index contributed by atoms with van der Waals surface area (Å²) >= 11 is 0. The van der Waals surface area contributed by atoms with E-state index in [-0.39, 0.29) is 17.0 Å². The van der Waals surface area contributed by atoms with E-state index in [0.29, 0.717) is 11.2 Å². The number of fused-ring (bicyclic) bond motifs is 5. The topological polar surface area (TPSA) is 43.6 Å². The average Bonchev–Trinajstić information content (AvgIpc) is 3.42. The van der Waals surface area contributed by atoms with Crippen molar-refractivity contribution in [3.05, 3.63) is 133 Å². The van der Waals surface area contributed by atoms with E-state index in [4.69, 9.17) is 17.3 Å². The normalized spacial score (nSPS) is 14.8. The number of pyridine rings is 1. The van der Waals surface area contributed by atoms with E-state index in [9.17, 15) is 0 Å². The fraction of sp³-hybridized carbons (Fsp3) is 0. The summed E-state index contributed by atoms with van der Waals surface area (Å²) < 4.78 is 78.7. The maximum Gasteiger partial charge on any atom is 0.165 e. The largest absolute Gasteiger partial charge is 0.293 e. The first-order valence-electron chi connectivity index (χ1n) is 16.8. The van der Waals surface area contributed by atoms with E-state index >= 15 is 0 Å². The molecule has 5 aromatic carbocycles. The predicted molar refractivity (Wildman–Crippen MR) is 160 cm³/mol. The molecule has 39 heavy (non-hydrogen) atoms. The van der Waals surface area contributed by atoms with Crippen LogP contribution in [0.25, 0.3) is 71.9 Å². The van der Waals surface area contributed by atoms with E-state index in [1.54, 1.807) is 12.3 Å². The summed E-state index contributed by atoms with van der Waals surface area (Å²) in [6.45, 7) is 0. The number of hydrogen-bond acceptors (Lipinski definition) is 3. The van der Waals surface area contributed by atoms with Crippen LogP contribution in [0.4, 0.5) is 0 Å². The van der Waals surface area contributed by atoms with Crippen LogP contribution in [0.3, 0.4) is 0 Å². The van der Waals surface area contributed by atoms with Gasteiger partial charge in [-0.15, -0.1) is 0 Å². The summed E-state index contributed by atoms with van der Waals surface area (Å²) in [4.78, 5) is 14.0. The molecule has 0 saturated carbocycles. The molecule has 8 rings (SSSR count). The van der Waals surface area contributed by atoms with Gasteiger partial charge in [-0.2, -0.15) is 0 Å². The van der Waals surface area contributed by atoms with Crippen molar-refractivity contribution in [3.63, 3.8) is 0 Å². The maximum atomic E-state index is 9.01. The SMILES string of the molecule is [2H]c1c([2H])c([2H])c(-c2c([2H])c([2H])c(-c3nc(-n4c5ccccc5c5cc6ccccc6cc54)c4cccnc4n3)c([2H])c2[2H])c([2H])c1[2H]. The molecule has 3 aromatic heterocycles. The van der Waals surface area contributed by atoms with Crippen molar-refractivity contribution in [2.45, 2.75) is 0 Å². The van der Waals surface area contributed by atoms with Crippen molar-refractivity contribution in [2.24, 2.45) is 0 Å². The zero-order valence-electron chi connectivity index (χ0n) is 29.3. The van der Waals surface area contributed by atoms with Gasteiger partial charge in [-0.3, -0.25) is 4.57 Å². The molecule has 0 N–H and O–H groups in total. The highest BCUT2D eigenvalue weighted by atomic mass is 15.1. The van der Waals surface area contributed by atoms with Crippen LogP contribution in [0.2, 0.25) is 0 Å². The minimum absolute atomic E-state index is 0.104. The zero-order chi connectivity index (χ0) is 33.6. The Bertz CT molecular complexity index is 2630. The lowest BCUT2D eigenvalue weighted by molar-refractivity contribution is 1.07. The van der Waals surface area contributed by atoms with Gasteiger partial charge in [-0.05, 0) is 52.2 Å². The van der Waals surface area contributed by atoms with Crippen molar-refractivity contribution in [3.8, 4) is 28.3 Å². The van der Waals surface area contributed by atoms with Gasteiger partial charge >= 0.3 is 0 Å². The molecule has 8 aromatic rings. The number of benzene rings is 5. The highest BCUT2D eigenvalue weighted by molar-refractivity contribution is 6.14. The maximum absolute atomic E-state index is 9.01. The summed E-state index contributed by atoms with van der Waals surface area (Å²) in [7, 11) is 0. The Kier molecular flexibility index (Phi) is 3.21. The second-order valence-electron chi connectivity index (χ2n) is 9.06. The smallest absolute Gasteiger partial charge is 0.165 e. The molecule has 0 aliphatic heterocycles. The average molecular weight is 508 g/mol. The molecular formula is C35H22N4. The number of hydrogen-bond donors (Lipinski definition) is 0. The Morgan fingerprint density at radius 3 is 2.10 bits per heavy atom. The number of para-hydroxylation sites is 1. The van der Waals surface area contributed by atoms with Gasteiger partial charge in [0, 0.05) is 22.5 Å². The molecule has 0 aliphatic carbocycles. The first-order valence-corrected chi connectivity index (χ1v) is 12.3. The molecule has 4 heteroatoms. The number of aromatic nitrogens is 4. The molecule has 182 valence electrons. The summed E-state index contributed by atoms with van der Waals surface area (Å²) in [6, 6.07) is 18.4. The Morgan fingerprint density at radius 2 is 1.26 bits per heavy atom. The third kappa shape index (κ3) is 3.50. The highest BCUT2D eigenvalue weighted by Gasteiger charge is 2.18. The zero-order valence-corrected chi connectivity index (χ0v) is 20.3. The summed E-state index contributed by atoms with van der Waals surface area (Å²) in [5.41, 5.74) is 0.967. The minimum atomic E-state index is -0.639. The van der Waals surface area contributed by atoms with Gasteiger partial charge in [0.2, 0.25) is 0 Å². The first kappa shape index (κ1) is 14.6. The van der Waals surface area contributed by atoms with Gasteiger partial charge in [0.05, 0.1) is 28.8 Å². The molecule has 0 bridgehead atoms. The van der Waals surface area contributed by atoms with Crippen molar-refractivity contribution in [2.75, 3.05) is 0 Å². The molecule has 0 amide bonds. The Hall–Kier alpha value is -5.35. The third-order valence-corrected chi connectivity index (χ3v) is 6.80. The van der Waals surface area contributed by atoms with Crippen LogP contribution in [0.15, 0.2) is 133 Å².